The Hall–Kier alpha value is -2.42. The van der Waals surface area contributed by atoms with Crippen LogP contribution in [0.25, 0.3) is 22.8 Å². The molecule has 0 saturated heterocycles. The van der Waals surface area contributed by atoms with Crippen LogP contribution in [0.1, 0.15) is 16.7 Å². The number of rotatable bonds is 2. The topological polar surface area (TPSA) is 38.9 Å². The highest BCUT2D eigenvalue weighted by Gasteiger charge is 2.11. The molecule has 100 valence electrons. The molecule has 0 amide bonds. The molecule has 2 aromatic heterocycles. The zero-order valence-electron chi connectivity index (χ0n) is 11.8. The summed E-state index contributed by atoms with van der Waals surface area (Å²) in [5.74, 6) is 1.43. The first-order valence-corrected chi connectivity index (χ1v) is 6.59. The summed E-state index contributed by atoms with van der Waals surface area (Å²) >= 11 is 0. The molecule has 20 heavy (non-hydrogen) atoms. The van der Waals surface area contributed by atoms with Crippen molar-refractivity contribution in [3.63, 3.8) is 0 Å². The van der Waals surface area contributed by atoms with Gasteiger partial charge in [0.2, 0.25) is 5.89 Å². The van der Waals surface area contributed by atoms with Gasteiger partial charge in [-0.3, -0.25) is 4.98 Å². The monoisotopic (exact) mass is 264 g/mol. The number of aryl methyl sites for hydroxylation is 3. The largest absolute Gasteiger partial charge is 0.436 e. The zero-order chi connectivity index (χ0) is 14.1. The number of nitrogens with zero attached hydrogens (tertiary/aromatic N) is 2. The van der Waals surface area contributed by atoms with E-state index in [0.29, 0.717) is 5.89 Å². The maximum Gasteiger partial charge on any atom is 0.226 e. The molecule has 3 heteroatoms. The van der Waals surface area contributed by atoms with Gasteiger partial charge in [-0.15, -0.1) is 0 Å². The van der Waals surface area contributed by atoms with Gasteiger partial charge in [0, 0.05) is 23.5 Å². The molecular formula is C17H16N2O. The van der Waals surface area contributed by atoms with Crippen molar-refractivity contribution in [1.29, 1.82) is 0 Å². The molecule has 0 radical (unpaired) electrons. The summed E-state index contributed by atoms with van der Waals surface area (Å²) in [5.41, 5.74) is 5.78. The summed E-state index contributed by atoms with van der Waals surface area (Å²) < 4.78 is 5.89. The van der Waals surface area contributed by atoms with E-state index in [2.05, 4.69) is 42.9 Å². The maximum absolute atomic E-state index is 5.89. The van der Waals surface area contributed by atoms with Crippen molar-refractivity contribution in [3.8, 4) is 22.8 Å². The van der Waals surface area contributed by atoms with E-state index in [1.54, 1.807) is 18.6 Å². The van der Waals surface area contributed by atoms with Gasteiger partial charge >= 0.3 is 0 Å². The van der Waals surface area contributed by atoms with Crippen LogP contribution in [0.2, 0.25) is 0 Å². The van der Waals surface area contributed by atoms with Gasteiger partial charge in [-0.2, -0.15) is 0 Å². The fourth-order valence-electron chi connectivity index (χ4n) is 2.25. The van der Waals surface area contributed by atoms with Crippen LogP contribution in [-0.2, 0) is 0 Å². The van der Waals surface area contributed by atoms with Crippen molar-refractivity contribution in [2.45, 2.75) is 20.8 Å². The molecule has 0 aliphatic rings. The molecule has 0 atom stereocenters. The van der Waals surface area contributed by atoms with Crippen LogP contribution in [0.15, 0.2) is 47.3 Å². The highest BCUT2D eigenvalue weighted by Crippen LogP contribution is 2.29. The first-order valence-electron chi connectivity index (χ1n) is 6.59. The molecule has 0 spiro atoms. The minimum atomic E-state index is 0.625. The molecule has 0 saturated carbocycles. The second kappa shape index (κ2) is 4.93. The molecule has 0 bridgehead atoms. The van der Waals surface area contributed by atoms with E-state index in [1.807, 2.05) is 12.1 Å². The molecule has 2 heterocycles. The van der Waals surface area contributed by atoms with Crippen LogP contribution in [0, 0.1) is 20.8 Å². The normalized spacial score (nSPS) is 10.8. The molecule has 0 aliphatic carbocycles. The Morgan fingerprint density at radius 3 is 2.35 bits per heavy atom. The molecule has 0 fully saturated rings. The van der Waals surface area contributed by atoms with Crippen LogP contribution in [0.3, 0.4) is 0 Å². The van der Waals surface area contributed by atoms with E-state index in [4.69, 9.17) is 4.42 Å². The quantitative estimate of drug-likeness (QED) is 0.691. The number of hydrogen-bond acceptors (Lipinski definition) is 3. The first-order chi connectivity index (χ1) is 9.65. The van der Waals surface area contributed by atoms with Gasteiger partial charge in [0.05, 0.1) is 6.20 Å². The SMILES string of the molecule is Cc1cc(C)c(-c2cnc(-c3ccncc3)o2)cc1C. The highest BCUT2D eigenvalue weighted by atomic mass is 16.4. The van der Waals surface area contributed by atoms with E-state index in [9.17, 15) is 0 Å². The third-order valence-corrected chi connectivity index (χ3v) is 3.54. The molecule has 0 unspecified atom stereocenters. The fourth-order valence-corrected chi connectivity index (χ4v) is 2.25. The average Bonchev–Trinajstić information content (AvgIpc) is 2.93. The third-order valence-electron chi connectivity index (χ3n) is 3.54. The first kappa shape index (κ1) is 12.6. The lowest BCUT2D eigenvalue weighted by Crippen LogP contribution is -1.87. The molecular weight excluding hydrogens is 248 g/mol. The summed E-state index contributed by atoms with van der Waals surface area (Å²) in [4.78, 5) is 8.36. The lowest BCUT2D eigenvalue weighted by Gasteiger charge is -2.07. The van der Waals surface area contributed by atoms with Gasteiger partial charge in [-0.25, -0.2) is 4.98 Å². The molecule has 3 nitrogen and oxygen atoms in total. The number of pyridine rings is 1. The van der Waals surface area contributed by atoms with Crippen molar-refractivity contribution in [3.05, 3.63) is 59.5 Å². The van der Waals surface area contributed by atoms with E-state index in [-0.39, 0.29) is 0 Å². The van der Waals surface area contributed by atoms with Crippen molar-refractivity contribution >= 4 is 0 Å². The minimum Gasteiger partial charge on any atom is -0.436 e. The summed E-state index contributed by atoms with van der Waals surface area (Å²) in [7, 11) is 0. The van der Waals surface area contributed by atoms with Crippen molar-refractivity contribution in [2.24, 2.45) is 0 Å². The third kappa shape index (κ3) is 2.23. The average molecular weight is 264 g/mol. The highest BCUT2D eigenvalue weighted by molar-refractivity contribution is 5.65. The number of oxazole rings is 1. The summed E-state index contributed by atoms with van der Waals surface area (Å²) in [6.45, 7) is 6.32. The van der Waals surface area contributed by atoms with Gasteiger partial charge < -0.3 is 4.42 Å². The van der Waals surface area contributed by atoms with Gasteiger partial charge in [-0.1, -0.05) is 6.07 Å². The molecule has 1 aromatic carbocycles. The Labute approximate surface area is 118 Å². The number of aromatic nitrogens is 2. The zero-order valence-corrected chi connectivity index (χ0v) is 11.8. The van der Waals surface area contributed by atoms with Crippen LogP contribution in [-0.4, -0.2) is 9.97 Å². The smallest absolute Gasteiger partial charge is 0.226 e. The van der Waals surface area contributed by atoms with Crippen molar-refractivity contribution < 1.29 is 4.42 Å². The summed E-state index contributed by atoms with van der Waals surface area (Å²) in [6.07, 6.45) is 5.26. The van der Waals surface area contributed by atoms with E-state index >= 15 is 0 Å². The Balaban J connectivity index is 2.05. The van der Waals surface area contributed by atoms with Crippen molar-refractivity contribution in [2.75, 3.05) is 0 Å². The van der Waals surface area contributed by atoms with E-state index < -0.39 is 0 Å². The van der Waals surface area contributed by atoms with Crippen LogP contribution in [0.4, 0.5) is 0 Å². The predicted molar refractivity (Wildman–Crippen MR) is 79.4 cm³/mol. The van der Waals surface area contributed by atoms with Gasteiger partial charge in [0.15, 0.2) is 5.76 Å². The van der Waals surface area contributed by atoms with Crippen LogP contribution in [0.5, 0.6) is 0 Å². The summed E-state index contributed by atoms with van der Waals surface area (Å²) in [6, 6.07) is 8.12. The lowest BCUT2D eigenvalue weighted by molar-refractivity contribution is 0.588. The lowest BCUT2D eigenvalue weighted by atomic mass is 10.00. The van der Waals surface area contributed by atoms with E-state index in [0.717, 1.165) is 16.9 Å². The molecule has 3 aromatic rings. The minimum absolute atomic E-state index is 0.625. The molecule has 3 rings (SSSR count). The van der Waals surface area contributed by atoms with Gasteiger partial charge in [-0.05, 0) is 55.7 Å². The summed E-state index contributed by atoms with van der Waals surface area (Å²) in [5, 5.41) is 0. The Morgan fingerprint density at radius 2 is 1.60 bits per heavy atom. The maximum atomic E-state index is 5.89. The Morgan fingerprint density at radius 1 is 0.900 bits per heavy atom. The standard InChI is InChI=1S/C17H16N2O/c1-11-8-13(3)15(9-12(11)2)16-10-19-17(20-16)14-4-6-18-7-5-14/h4-10H,1-3H3. The predicted octanol–water partition coefficient (Wildman–Crippen LogP) is 4.33. The number of benzene rings is 1. The fraction of sp³-hybridized carbons (Fsp3) is 0.176. The van der Waals surface area contributed by atoms with Crippen LogP contribution < -0.4 is 0 Å². The second-order valence-electron chi connectivity index (χ2n) is 5.02. The molecule has 0 N–H and O–H groups in total. The van der Waals surface area contributed by atoms with Crippen molar-refractivity contribution in [1.82, 2.24) is 9.97 Å². The van der Waals surface area contributed by atoms with E-state index in [1.165, 1.54) is 16.7 Å². The Bertz CT molecular complexity index is 745. The molecule has 0 aliphatic heterocycles. The van der Waals surface area contributed by atoms with Gasteiger partial charge in [0.1, 0.15) is 0 Å². The van der Waals surface area contributed by atoms with Gasteiger partial charge in [0.25, 0.3) is 0 Å². The Kier molecular flexibility index (Phi) is 3.11. The second-order valence-corrected chi connectivity index (χ2v) is 5.02. The van der Waals surface area contributed by atoms with Crippen LogP contribution >= 0.6 is 0 Å². The number of hydrogen-bond donors (Lipinski definition) is 0.